The summed E-state index contributed by atoms with van der Waals surface area (Å²) in [6.07, 6.45) is 4.47. The quantitative estimate of drug-likeness (QED) is 0.637. The topological polar surface area (TPSA) is 95.8 Å². The minimum absolute atomic E-state index is 0.0490. The van der Waals surface area contributed by atoms with Crippen LogP contribution in [0.2, 0.25) is 0 Å². The lowest BCUT2D eigenvalue weighted by Crippen LogP contribution is -2.52. The van der Waals surface area contributed by atoms with Crippen LogP contribution in [-0.2, 0) is 4.79 Å². The zero-order chi connectivity index (χ0) is 18.3. The van der Waals surface area contributed by atoms with Crippen LogP contribution in [0.4, 0.5) is 5.00 Å². The van der Waals surface area contributed by atoms with Crippen molar-refractivity contribution in [2.45, 2.75) is 50.2 Å². The van der Waals surface area contributed by atoms with Gasteiger partial charge >= 0.3 is 5.00 Å². The fraction of sp³-hybridized carbons (Fsp3) is 0.647. The molecule has 8 nitrogen and oxygen atoms in total. The van der Waals surface area contributed by atoms with E-state index in [9.17, 15) is 19.7 Å². The minimum Gasteiger partial charge on any atom is -0.334 e. The third kappa shape index (κ3) is 2.99. The maximum atomic E-state index is 13.3. The third-order valence-electron chi connectivity index (χ3n) is 5.69. The molecule has 2 bridgehead atoms. The number of carbonyl (C=O) groups is 2. The predicted molar refractivity (Wildman–Crippen MR) is 96.2 cm³/mol. The molecule has 4 heterocycles. The molecule has 26 heavy (non-hydrogen) atoms. The molecule has 3 atom stereocenters. The molecule has 140 valence electrons. The smallest absolute Gasteiger partial charge is 0.324 e. The van der Waals surface area contributed by atoms with Crippen molar-refractivity contribution in [3.05, 3.63) is 27.1 Å². The first-order valence-electron chi connectivity index (χ1n) is 9.14. The van der Waals surface area contributed by atoms with Crippen molar-refractivity contribution in [1.82, 2.24) is 15.1 Å². The number of fused-ring (bicyclic) bond motifs is 2. The average Bonchev–Trinajstić information content (AvgIpc) is 3.31. The summed E-state index contributed by atoms with van der Waals surface area (Å²) in [7, 11) is 0. The summed E-state index contributed by atoms with van der Waals surface area (Å²) in [5, 5.41) is 14.2. The lowest BCUT2D eigenvalue weighted by Gasteiger charge is -2.33. The van der Waals surface area contributed by atoms with Crippen molar-refractivity contribution in [1.29, 1.82) is 0 Å². The number of nitro groups is 1. The van der Waals surface area contributed by atoms with Gasteiger partial charge in [0.05, 0.1) is 9.80 Å². The van der Waals surface area contributed by atoms with Crippen molar-refractivity contribution >= 4 is 28.2 Å². The highest BCUT2D eigenvalue weighted by atomic mass is 32.1. The molecule has 2 amide bonds. The van der Waals surface area contributed by atoms with Crippen LogP contribution in [0.25, 0.3) is 0 Å². The first kappa shape index (κ1) is 17.4. The van der Waals surface area contributed by atoms with Gasteiger partial charge in [0.1, 0.15) is 6.04 Å². The summed E-state index contributed by atoms with van der Waals surface area (Å²) in [4.78, 5) is 40.5. The van der Waals surface area contributed by atoms with Crippen molar-refractivity contribution in [3.63, 3.8) is 0 Å². The average molecular weight is 378 g/mol. The van der Waals surface area contributed by atoms with Gasteiger partial charge in [-0.05, 0) is 44.7 Å². The normalized spacial score (nSPS) is 28.2. The first-order valence-corrected chi connectivity index (χ1v) is 9.96. The van der Waals surface area contributed by atoms with E-state index in [2.05, 4.69) is 5.32 Å². The van der Waals surface area contributed by atoms with Crippen LogP contribution < -0.4 is 5.32 Å². The highest BCUT2D eigenvalue weighted by Gasteiger charge is 2.44. The van der Waals surface area contributed by atoms with Gasteiger partial charge in [-0.3, -0.25) is 19.7 Å². The fourth-order valence-corrected chi connectivity index (χ4v) is 5.24. The van der Waals surface area contributed by atoms with Gasteiger partial charge in [0.25, 0.3) is 5.91 Å². The fourth-order valence-electron chi connectivity index (χ4n) is 4.46. The second-order valence-corrected chi connectivity index (χ2v) is 8.24. The number of nitrogens with one attached hydrogen (secondary N) is 1. The number of rotatable bonds is 3. The van der Waals surface area contributed by atoms with E-state index in [4.69, 9.17) is 0 Å². The van der Waals surface area contributed by atoms with E-state index in [1.807, 2.05) is 4.90 Å². The molecule has 0 saturated carbocycles. The van der Waals surface area contributed by atoms with E-state index < -0.39 is 11.0 Å². The van der Waals surface area contributed by atoms with Crippen LogP contribution in [0, 0.1) is 10.1 Å². The number of hydrogen-bond donors (Lipinski definition) is 1. The van der Waals surface area contributed by atoms with Crippen molar-refractivity contribution in [3.8, 4) is 0 Å². The molecule has 9 heteroatoms. The molecule has 0 radical (unpaired) electrons. The Balaban J connectivity index is 1.53. The highest BCUT2D eigenvalue weighted by Crippen LogP contribution is 2.33. The van der Waals surface area contributed by atoms with Gasteiger partial charge in [0.15, 0.2) is 0 Å². The maximum Gasteiger partial charge on any atom is 0.324 e. The molecule has 0 aromatic carbocycles. The summed E-state index contributed by atoms with van der Waals surface area (Å²) in [5.74, 6) is -0.211. The number of carbonyl (C=O) groups excluding carboxylic acids is 2. The molecule has 3 aliphatic rings. The van der Waals surface area contributed by atoms with E-state index in [1.54, 1.807) is 4.90 Å². The van der Waals surface area contributed by atoms with E-state index in [0.29, 0.717) is 17.8 Å². The van der Waals surface area contributed by atoms with Crippen molar-refractivity contribution < 1.29 is 14.5 Å². The van der Waals surface area contributed by atoms with Crippen LogP contribution >= 0.6 is 11.3 Å². The lowest BCUT2D eigenvalue weighted by molar-refractivity contribution is -0.380. The second kappa shape index (κ2) is 6.96. The number of nitrogens with zero attached hydrogens (tertiary/aromatic N) is 3. The molecule has 1 N–H and O–H groups in total. The molecule has 3 saturated heterocycles. The molecule has 1 aromatic rings. The second-order valence-electron chi connectivity index (χ2n) is 7.17. The molecule has 4 rings (SSSR count). The molecular formula is C17H22N4O4S. The van der Waals surface area contributed by atoms with Gasteiger partial charge in [-0.2, -0.15) is 0 Å². The Morgan fingerprint density at radius 2 is 2.00 bits per heavy atom. The zero-order valence-corrected chi connectivity index (χ0v) is 15.2. The van der Waals surface area contributed by atoms with Crippen molar-refractivity contribution in [2.24, 2.45) is 0 Å². The summed E-state index contributed by atoms with van der Waals surface area (Å²) in [6, 6.07) is 2.89. The Kier molecular flexibility index (Phi) is 4.66. The first-order chi connectivity index (χ1) is 12.6. The number of amides is 2. The summed E-state index contributed by atoms with van der Waals surface area (Å²) >= 11 is 0.877. The Morgan fingerprint density at radius 3 is 2.77 bits per heavy atom. The minimum atomic E-state index is -0.490. The predicted octanol–water partition coefficient (Wildman–Crippen LogP) is 1.61. The van der Waals surface area contributed by atoms with E-state index in [1.165, 1.54) is 12.1 Å². The lowest BCUT2D eigenvalue weighted by atomic mass is 10.1. The van der Waals surface area contributed by atoms with Gasteiger partial charge in [0, 0.05) is 31.2 Å². The Morgan fingerprint density at radius 1 is 1.19 bits per heavy atom. The van der Waals surface area contributed by atoms with Gasteiger partial charge < -0.3 is 15.1 Å². The van der Waals surface area contributed by atoms with E-state index in [-0.39, 0.29) is 28.9 Å². The van der Waals surface area contributed by atoms with Crippen molar-refractivity contribution in [2.75, 3.05) is 19.6 Å². The van der Waals surface area contributed by atoms with Gasteiger partial charge in [-0.15, -0.1) is 0 Å². The largest absolute Gasteiger partial charge is 0.334 e. The Labute approximate surface area is 155 Å². The summed E-state index contributed by atoms with van der Waals surface area (Å²) in [6.45, 7) is 2.28. The van der Waals surface area contributed by atoms with E-state index >= 15 is 0 Å². The number of likely N-dealkylation sites (tertiary alicyclic amines) is 1. The maximum absolute atomic E-state index is 13.3. The van der Waals surface area contributed by atoms with Crippen LogP contribution in [0.15, 0.2) is 12.1 Å². The van der Waals surface area contributed by atoms with Crippen LogP contribution in [0.5, 0.6) is 0 Å². The Bertz CT molecular complexity index is 722. The molecule has 3 unspecified atom stereocenters. The van der Waals surface area contributed by atoms with Crippen LogP contribution in [-0.4, -0.2) is 64.3 Å². The number of thiophene rings is 1. The van der Waals surface area contributed by atoms with Crippen LogP contribution in [0.1, 0.15) is 41.8 Å². The Hall–Kier alpha value is -2.00. The van der Waals surface area contributed by atoms with Gasteiger partial charge in [-0.25, -0.2) is 0 Å². The number of hydrogen-bond acceptors (Lipinski definition) is 6. The van der Waals surface area contributed by atoms with E-state index in [0.717, 1.165) is 50.1 Å². The van der Waals surface area contributed by atoms with Gasteiger partial charge in [0.2, 0.25) is 5.91 Å². The molecular weight excluding hydrogens is 356 g/mol. The standard InChI is InChI=1S/C17H22N4O4S/c22-16(20-11-3-4-12(20)10-18-8-7-11)13-2-1-9-19(13)17(23)14-5-6-15(26-14)21(24)25/h5-6,11-13,18H,1-4,7-10H2. The summed E-state index contributed by atoms with van der Waals surface area (Å²) < 4.78 is 0. The molecule has 3 fully saturated rings. The highest BCUT2D eigenvalue weighted by molar-refractivity contribution is 7.17. The van der Waals surface area contributed by atoms with Crippen LogP contribution in [0.3, 0.4) is 0 Å². The zero-order valence-electron chi connectivity index (χ0n) is 14.4. The SMILES string of the molecule is O=C(c1ccc([N+](=O)[O-])s1)N1CCCC1C(=O)N1C2CCNCC1CC2. The molecule has 0 spiro atoms. The van der Waals surface area contributed by atoms with Gasteiger partial charge in [-0.1, -0.05) is 11.3 Å². The third-order valence-corrected chi connectivity index (χ3v) is 6.71. The monoisotopic (exact) mass is 378 g/mol. The summed E-state index contributed by atoms with van der Waals surface area (Å²) in [5.41, 5.74) is 0. The molecule has 0 aliphatic carbocycles. The molecule has 3 aliphatic heterocycles. The molecule has 1 aromatic heterocycles.